The van der Waals surface area contributed by atoms with Crippen molar-refractivity contribution in [3.05, 3.63) is 29.8 Å². The first-order valence-electron chi connectivity index (χ1n) is 6.37. The van der Waals surface area contributed by atoms with Crippen molar-refractivity contribution in [3.8, 4) is 5.75 Å². The van der Waals surface area contributed by atoms with Crippen molar-refractivity contribution in [1.82, 2.24) is 0 Å². The maximum absolute atomic E-state index is 10.7. The van der Waals surface area contributed by atoms with E-state index >= 15 is 0 Å². The molecule has 98 valence electrons. The van der Waals surface area contributed by atoms with Gasteiger partial charge in [0.05, 0.1) is 6.61 Å². The average molecular weight is 248 g/mol. The standard InChI is InChI=1S/C15H20O3/c1-13(17)5-4-12-18-15-9-7-14(8-10-15)6-2-3-11-16/h7-11H,2-6,12H2,1H3. The van der Waals surface area contributed by atoms with Gasteiger partial charge < -0.3 is 14.3 Å². The predicted molar refractivity (Wildman–Crippen MR) is 70.9 cm³/mol. The number of hydrogen-bond donors (Lipinski definition) is 0. The quantitative estimate of drug-likeness (QED) is 0.498. The van der Waals surface area contributed by atoms with E-state index in [1.54, 1.807) is 6.92 Å². The summed E-state index contributed by atoms with van der Waals surface area (Å²) in [5.41, 5.74) is 1.22. The van der Waals surface area contributed by atoms with Crippen LogP contribution < -0.4 is 4.74 Å². The molecule has 0 saturated heterocycles. The largest absolute Gasteiger partial charge is 0.494 e. The molecule has 0 aliphatic rings. The number of carbonyl (C=O) groups excluding carboxylic acids is 2. The van der Waals surface area contributed by atoms with Crippen molar-refractivity contribution in [1.29, 1.82) is 0 Å². The number of benzene rings is 1. The molecular weight excluding hydrogens is 228 g/mol. The highest BCUT2D eigenvalue weighted by molar-refractivity contribution is 5.75. The molecule has 3 heteroatoms. The Morgan fingerprint density at radius 1 is 1.22 bits per heavy atom. The van der Waals surface area contributed by atoms with Crippen molar-refractivity contribution >= 4 is 12.1 Å². The second-order valence-electron chi connectivity index (χ2n) is 4.36. The van der Waals surface area contributed by atoms with E-state index in [1.807, 2.05) is 24.3 Å². The highest BCUT2D eigenvalue weighted by Crippen LogP contribution is 2.14. The van der Waals surface area contributed by atoms with Crippen molar-refractivity contribution in [3.63, 3.8) is 0 Å². The predicted octanol–water partition coefficient (Wildman–Crippen LogP) is 2.96. The Morgan fingerprint density at radius 2 is 1.94 bits per heavy atom. The molecule has 0 spiro atoms. The summed E-state index contributed by atoms with van der Waals surface area (Å²) in [5, 5.41) is 0. The molecule has 0 radical (unpaired) electrons. The Kier molecular flexibility index (Phi) is 6.77. The van der Waals surface area contributed by atoms with Gasteiger partial charge in [-0.3, -0.25) is 0 Å². The lowest BCUT2D eigenvalue weighted by Gasteiger charge is -2.06. The Labute approximate surface area is 108 Å². The van der Waals surface area contributed by atoms with Crippen LogP contribution in [0.4, 0.5) is 0 Å². The van der Waals surface area contributed by atoms with Crippen LogP contribution in [0.2, 0.25) is 0 Å². The maximum atomic E-state index is 10.7. The van der Waals surface area contributed by atoms with Gasteiger partial charge >= 0.3 is 0 Å². The van der Waals surface area contributed by atoms with Gasteiger partial charge in [-0.25, -0.2) is 0 Å². The Morgan fingerprint density at radius 3 is 2.56 bits per heavy atom. The van der Waals surface area contributed by atoms with Gasteiger partial charge in [0.1, 0.15) is 17.8 Å². The summed E-state index contributed by atoms with van der Waals surface area (Å²) >= 11 is 0. The fourth-order valence-corrected chi connectivity index (χ4v) is 1.65. The van der Waals surface area contributed by atoms with Crippen LogP contribution in [0.1, 0.15) is 38.2 Å². The topological polar surface area (TPSA) is 43.4 Å². The van der Waals surface area contributed by atoms with Gasteiger partial charge in [0.15, 0.2) is 0 Å². The average Bonchev–Trinajstić information content (AvgIpc) is 2.36. The van der Waals surface area contributed by atoms with Crippen LogP contribution in [0.3, 0.4) is 0 Å². The van der Waals surface area contributed by atoms with Crippen LogP contribution >= 0.6 is 0 Å². The van der Waals surface area contributed by atoms with Gasteiger partial charge in [-0.2, -0.15) is 0 Å². The lowest BCUT2D eigenvalue weighted by Crippen LogP contribution is -2.00. The fraction of sp³-hybridized carbons (Fsp3) is 0.467. The number of ketones is 1. The summed E-state index contributed by atoms with van der Waals surface area (Å²) < 4.78 is 5.53. The van der Waals surface area contributed by atoms with E-state index in [4.69, 9.17) is 4.74 Å². The number of Topliss-reactive ketones (excluding diaryl/α,β-unsaturated/α-hetero) is 1. The molecule has 0 bridgehead atoms. The van der Waals surface area contributed by atoms with Crippen molar-refractivity contribution in [2.75, 3.05) is 6.61 Å². The fourth-order valence-electron chi connectivity index (χ4n) is 1.65. The molecule has 0 saturated carbocycles. The van der Waals surface area contributed by atoms with Gasteiger partial charge in [-0.15, -0.1) is 0 Å². The maximum Gasteiger partial charge on any atom is 0.129 e. The summed E-state index contributed by atoms with van der Waals surface area (Å²) in [7, 11) is 0. The Hall–Kier alpha value is -1.64. The molecule has 0 unspecified atom stereocenters. The SMILES string of the molecule is CC(=O)CCCOc1ccc(CCCC=O)cc1. The third kappa shape index (κ3) is 6.18. The molecule has 0 amide bonds. The Bertz CT molecular complexity index is 368. The van der Waals surface area contributed by atoms with Crippen molar-refractivity contribution in [2.45, 2.75) is 39.0 Å². The number of ether oxygens (including phenoxy) is 1. The molecule has 0 fully saturated rings. The molecule has 0 aliphatic carbocycles. The highest BCUT2D eigenvalue weighted by atomic mass is 16.5. The zero-order valence-corrected chi connectivity index (χ0v) is 10.9. The molecule has 0 atom stereocenters. The van der Waals surface area contributed by atoms with Crippen LogP contribution in [0.15, 0.2) is 24.3 Å². The van der Waals surface area contributed by atoms with E-state index in [0.717, 1.165) is 31.3 Å². The molecule has 0 aromatic heterocycles. The van der Waals surface area contributed by atoms with Crippen LogP contribution in [0.5, 0.6) is 5.75 Å². The monoisotopic (exact) mass is 248 g/mol. The minimum atomic E-state index is 0.198. The molecule has 0 heterocycles. The number of unbranched alkanes of at least 4 members (excludes halogenated alkanes) is 1. The van der Waals surface area contributed by atoms with E-state index in [-0.39, 0.29) is 5.78 Å². The Balaban J connectivity index is 2.26. The first-order chi connectivity index (χ1) is 8.72. The second-order valence-corrected chi connectivity index (χ2v) is 4.36. The summed E-state index contributed by atoms with van der Waals surface area (Å²) in [4.78, 5) is 20.9. The first kappa shape index (κ1) is 14.4. The van der Waals surface area contributed by atoms with Crippen LogP contribution in [0, 0.1) is 0 Å². The smallest absolute Gasteiger partial charge is 0.129 e. The minimum absolute atomic E-state index is 0.198. The van der Waals surface area contributed by atoms with Gasteiger partial charge in [0, 0.05) is 12.8 Å². The first-order valence-corrected chi connectivity index (χ1v) is 6.37. The van der Waals surface area contributed by atoms with Crippen LogP contribution in [0.25, 0.3) is 0 Å². The summed E-state index contributed by atoms with van der Waals surface area (Å²) in [6.45, 7) is 2.16. The molecule has 0 N–H and O–H groups in total. The van der Waals surface area contributed by atoms with E-state index in [9.17, 15) is 9.59 Å². The van der Waals surface area contributed by atoms with Gasteiger partial charge in [-0.1, -0.05) is 12.1 Å². The minimum Gasteiger partial charge on any atom is -0.494 e. The zero-order valence-electron chi connectivity index (χ0n) is 10.9. The molecular formula is C15H20O3. The normalized spacial score (nSPS) is 10.1. The summed E-state index contributed by atoms with van der Waals surface area (Å²) in [6, 6.07) is 7.91. The van der Waals surface area contributed by atoms with Gasteiger partial charge in [0.2, 0.25) is 0 Å². The third-order valence-electron chi connectivity index (χ3n) is 2.65. The molecule has 0 aliphatic heterocycles. The van der Waals surface area contributed by atoms with Gasteiger partial charge in [0.25, 0.3) is 0 Å². The number of aldehydes is 1. The summed E-state index contributed by atoms with van der Waals surface area (Å²) in [6.07, 6.45) is 4.71. The molecule has 3 nitrogen and oxygen atoms in total. The van der Waals surface area contributed by atoms with E-state index < -0.39 is 0 Å². The third-order valence-corrected chi connectivity index (χ3v) is 2.65. The number of carbonyl (C=O) groups is 2. The van der Waals surface area contributed by atoms with E-state index in [0.29, 0.717) is 19.4 Å². The van der Waals surface area contributed by atoms with Crippen LogP contribution in [-0.2, 0) is 16.0 Å². The molecule has 1 rings (SSSR count). The van der Waals surface area contributed by atoms with Crippen LogP contribution in [-0.4, -0.2) is 18.7 Å². The van der Waals surface area contributed by atoms with Crippen molar-refractivity contribution < 1.29 is 14.3 Å². The molecule has 1 aromatic rings. The van der Waals surface area contributed by atoms with E-state index in [1.165, 1.54) is 5.56 Å². The summed E-state index contributed by atoms with van der Waals surface area (Å²) in [5.74, 6) is 1.03. The highest BCUT2D eigenvalue weighted by Gasteiger charge is 1.97. The number of rotatable bonds is 9. The van der Waals surface area contributed by atoms with E-state index in [2.05, 4.69) is 0 Å². The molecule has 1 aromatic carbocycles. The lowest BCUT2D eigenvalue weighted by atomic mass is 10.1. The van der Waals surface area contributed by atoms with Crippen molar-refractivity contribution in [2.24, 2.45) is 0 Å². The lowest BCUT2D eigenvalue weighted by molar-refractivity contribution is -0.117. The van der Waals surface area contributed by atoms with Gasteiger partial charge in [-0.05, 0) is 43.9 Å². The second kappa shape index (κ2) is 8.45. The number of aryl methyl sites for hydroxylation is 1. The number of hydrogen-bond acceptors (Lipinski definition) is 3. The molecule has 18 heavy (non-hydrogen) atoms. The zero-order chi connectivity index (χ0) is 13.2.